The molecule has 2 heterocycles. The summed E-state index contributed by atoms with van der Waals surface area (Å²) in [6.45, 7) is 3.62. The van der Waals surface area contributed by atoms with Gasteiger partial charge < -0.3 is 14.8 Å². The second kappa shape index (κ2) is 8.51. The molecule has 0 spiro atoms. The van der Waals surface area contributed by atoms with Crippen LogP contribution in [-0.2, 0) is 5.60 Å². The molecule has 0 fully saturated rings. The Morgan fingerprint density at radius 1 is 1.03 bits per heavy atom. The molecular weight excluding hydrogens is 440 g/mol. The van der Waals surface area contributed by atoms with Crippen LogP contribution in [0.15, 0.2) is 49.1 Å². The molecule has 0 aliphatic heterocycles. The number of aromatic nitrogens is 4. The number of hydrogen-bond acceptors (Lipinski definition) is 7. The van der Waals surface area contributed by atoms with Gasteiger partial charge in [-0.05, 0) is 32.0 Å². The van der Waals surface area contributed by atoms with Gasteiger partial charge in [-0.1, -0.05) is 11.6 Å². The topological polar surface area (TPSA) is 82.0 Å². The van der Waals surface area contributed by atoms with Gasteiger partial charge in [-0.3, -0.25) is 0 Å². The number of ether oxygens (including phenoxy) is 2. The van der Waals surface area contributed by atoms with Crippen LogP contribution in [-0.4, -0.2) is 27.0 Å². The molecule has 0 aliphatic rings. The number of rotatable bonds is 6. The molecule has 0 bridgehead atoms. The minimum Gasteiger partial charge on any atom is -0.497 e. The minimum absolute atomic E-state index is 0.0520. The van der Waals surface area contributed by atoms with Gasteiger partial charge in [0.05, 0.1) is 23.7 Å². The second-order valence-electron chi connectivity index (χ2n) is 7.27. The number of anilines is 2. The lowest BCUT2D eigenvalue weighted by atomic mass is 10.1. The van der Waals surface area contributed by atoms with E-state index >= 15 is 0 Å². The van der Waals surface area contributed by atoms with Crippen molar-refractivity contribution in [2.75, 3.05) is 12.4 Å². The number of hydrogen-bond donors (Lipinski definition) is 1. The lowest BCUT2D eigenvalue weighted by molar-refractivity contribution is 0.100. The normalized spacial score (nSPS) is 11.4. The van der Waals surface area contributed by atoms with Crippen LogP contribution >= 0.6 is 11.6 Å². The highest BCUT2D eigenvalue weighted by atomic mass is 35.5. The van der Waals surface area contributed by atoms with Crippen LogP contribution in [0.2, 0.25) is 5.02 Å². The van der Waals surface area contributed by atoms with Crippen molar-refractivity contribution in [3.8, 4) is 11.5 Å². The summed E-state index contributed by atoms with van der Waals surface area (Å²) in [5.41, 5.74) is -0.503. The smallest absolute Gasteiger partial charge is 0.171 e. The van der Waals surface area contributed by atoms with Crippen molar-refractivity contribution in [3.05, 3.63) is 71.5 Å². The third-order valence-electron chi connectivity index (χ3n) is 4.67. The molecule has 0 amide bonds. The zero-order chi connectivity index (χ0) is 22.9. The van der Waals surface area contributed by atoms with Crippen molar-refractivity contribution in [3.63, 3.8) is 0 Å². The average molecular weight is 458 g/mol. The molecule has 0 saturated carbocycles. The summed E-state index contributed by atoms with van der Waals surface area (Å²) in [5.74, 6) is -0.253. The van der Waals surface area contributed by atoms with E-state index in [1.54, 1.807) is 30.6 Å². The summed E-state index contributed by atoms with van der Waals surface area (Å²) >= 11 is 5.72. The van der Waals surface area contributed by atoms with E-state index in [0.29, 0.717) is 28.2 Å². The number of methoxy groups -OCH3 is 1. The van der Waals surface area contributed by atoms with E-state index in [1.165, 1.54) is 19.5 Å². The number of halogens is 3. The summed E-state index contributed by atoms with van der Waals surface area (Å²) in [6.07, 6.45) is 4.55. The summed E-state index contributed by atoms with van der Waals surface area (Å²) in [5, 5.41) is 2.70. The summed E-state index contributed by atoms with van der Waals surface area (Å²) in [4.78, 5) is 17.1. The fraction of sp³-hybridized carbons (Fsp3) is 0.182. The molecule has 4 rings (SSSR count). The van der Waals surface area contributed by atoms with Crippen molar-refractivity contribution >= 4 is 34.0 Å². The number of benzene rings is 2. The Balaban J connectivity index is 1.85. The lowest BCUT2D eigenvalue weighted by Crippen LogP contribution is -2.28. The summed E-state index contributed by atoms with van der Waals surface area (Å²) < 4.78 is 39.8. The quantitative estimate of drug-likeness (QED) is 0.387. The Hall–Kier alpha value is -3.59. The average Bonchev–Trinajstić information content (AvgIpc) is 2.79. The first-order chi connectivity index (χ1) is 15.3. The van der Waals surface area contributed by atoms with E-state index < -0.39 is 22.3 Å². The van der Waals surface area contributed by atoms with Crippen LogP contribution in [0.5, 0.6) is 11.5 Å². The van der Waals surface area contributed by atoms with Crippen molar-refractivity contribution < 1.29 is 18.3 Å². The van der Waals surface area contributed by atoms with Crippen molar-refractivity contribution in [2.24, 2.45) is 0 Å². The number of nitrogens with zero attached hydrogens (tertiary/aromatic N) is 4. The van der Waals surface area contributed by atoms with Crippen LogP contribution in [0.3, 0.4) is 0 Å². The van der Waals surface area contributed by atoms with Crippen LogP contribution in [0, 0.1) is 11.6 Å². The van der Waals surface area contributed by atoms with Gasteiger partial charge in [0, 0.05) is 24.5 Å². The first kappa shape index (κ1) is 21.6. The highest BCUT2D eigenvalue weighted by molar-refractivity contribution is 6.31. The Morgan fingerprint density at radius 3 is 2.50 bits per heavy atom. The van der Waals surface area contributed by atoms with Gasteiger partial charge in [-0.25, -0.2) is 28.7 Å². The molecule has 1 N–H and O–H groups in total. The van der Waals surface area contributed by atoms with E-state index in [-0.39, 0.29) is 11.5 Å². The SMILES string of the molecule is COc1cc(OC(C)(C)c2ncccn2)c2c(Nc3ccc(F)c(Cl)c3F)ncnc2c1. The molecule has 2 aromatic heterocycles. The van der Waals surface area contributed by atoms with E-state index in [2.05, 4.69) is 25.3 Å². The molecule has 4 aromatic rings. The summed E-state index contributed by atoms with van der Waals surface area (Å²) in [7, 11) is 1.52. The zero-order valence-electron chi connectivity index (χ0n) is 17.4. The van der Waals surface area contributed by atoms with E-state index in [1.807, 2.05) is 13.8 Å². The maximum atomic E-state index is 14.5. The van der Waals surface area contributed by atoms with E-state index in [4.69, 9.17) is 21.1 Å². The number of nitrogens with one attached hydrogen (secondary N) is 1. The maximum Gasteiger partial charge on any atom is 0.171 e. The first-order valence-electron chi connectivity index (χ1n) is 9.50. The molecule has 2 aromatic carbocycles. The van der Waals surface area contributed by atoms with Crippen LogP contribution in [0.4, 0.5) is 20.3 Å². The molecule has 10 heteroatoms. The Bertz CT molecular complexity index is 1290. The number of fused-ring (bicyclic) bond motifs is 1. The van der Waals surface area contributed by atoms with Crippen LogP contribution in [0.1, 0.15) is 19.7 Å². The molecule has 0 aliphatic carbocycles. The highest BCUT2D eigenvalue weighted by Crippen LogP contribution is 2.39. The van der Waals surface area contributed by atoms with Crippen LogP contribution < -0.4 is 14.8 Å². The molecule has 0 radical (unpaired) electrons. The largest absolute Gasteiger partial charge is 0.497 e. The van der Waals surface area contributed by atoms with Crippen LogP contribution in [0.25, 0.3) is 10.9 Å². The molecule has 32 heavy (non-hydrogen) atoms. The fourth-order valence-electron chi connectivity index (χ4n) is 3.10. The fourth-order valence-corrected chi connectivity index (χ4v) is 3.27. The van der Waals surface area contributed by atoms with E-state index in [0.717, 1.165) is 6.07 Å². The van der Waals surface area contributed by atoms with Gasteiger partial charge in [0.1, 0.15) is 34.5 Å². The monoisotopic (exact) mass is 457 g/mol. The Morgan fingerprint density at radius 2 is 1.78 bits per heavy atom. The molecule has 0 atom stereocenters. The van der Waals surface area contributed by atoms with Gasteiger partial charge in [0.2, 0.25) is 0 Å². The summed E-state index contributed by atoms with van der Waals surface area (Å²) in [6, 6.07) is 7.35. The molecule has 0 saturated heterocycles. The van der Waals surface area contributed by atoms with E-state index in [9.17, 15) is 8.78 Å². The van der Waals surface area contributed by atoms with Gasteiger partial charge in [0.15, 0.2) is 17.2 Å². The third-order valence-corrected chi connectivity index (χ3v) is 5.02. The third kappa shape index (κ3) is 4.11. The van der Waals surface area contributed by atoms with Gasteiger partial charge >= 0.3 is 0 Å². The maximum absolute atomic E-state index is 14.5. The standard InChI is InChI=1S/C22H18ClF2N5O2/c1-22(2,21-26-7-4-8-27-21)32-16-10-12(31-3)9-15-17(16)20(29-11-28-15)30-14-6-5-13(24)18(23)19(14)25/h4-11H,1-3H3,(H,28,29,30). The predicted molar refractivity (Wildman–Crippen MR) is 116 cm³/mol. The van der Waals surface area contributed by atoms with Gasteiger partial charge in [0.25, 0.3) is 0 Å². The molecule has 7 nitrogen and oxygen atoms in total. The van der Waals surface area contributed by atoms with Gasteiger partial charge in [-0.2, -0.15) is 0 Å². The van der Waals surface area contributed by atoms with Crippen molar-refractivity contribution in [1.82, 2.24) is 19.9 Å². The Labute approximate surface area is 187 Å². The molecule has 0 unspecified atom stereocenters. The zero-order valence-corrected chi connectivity index (χ0v) is 18.1. The minimum atomic E-state index is -0.938. The Kier molecular flexibility index (Phi) is 5.75. The van der Waals surface area contributed by atoms with Crippen molar-refractivity contribution in [1.29, 1.82) is 0 Å². The van der Waals surface area contributed by atoms with Gasteiger partial charge in [-0.15, -0.1) is 0 Å². The lowest BCUT2D eigenvalue weighted by Gasteiger charge is -2.26. The molecular formula is C22H18ClF2N5O2. The second-order valence-corrected chi connectivity index (χ2v) is 7.65. The van der Waals surface area contributed by atoms with Crippen molar-refractivity contribution in [2.45, 2.75) is 19.4 Å². The highest BCUT2D eigenvalue weighted by Gasteiger charge is 2.28. The first-order valence-corrected chi connectivity index (χ1v) is 9.87. The molecule has 164 valence electrons. The predicted octanol–water partition coefficient (Wildman–Crippen LogP) is 5.42.